The molecule has 0 spiro atoms. The van der Waals surface area contributed by atoms with Gasteiger partial charge >= 0.3 is 6.18 Å². The molecule has 142 valence electrons. The van der Waals surface area contributed by atoms with Gasteiger partial charge in [0.15, 0.2) is 0 Å². The summed E-state index contributed by atoms with van der Waals surface area (Å²) in [6, 6.07) is 5.92. The van der Waals surface area contributed by atoms with Crippen LogP contribution in [-0.2, 0) is 6.54 Å². The summed E-state index contributed by atoms with van der Waals surface area (Å²) in [5.41, 5.74) is 5.85. The molecule has 10 heteroatoms. The molecule has 0 aliphatic heterocycles. The van der Waals surface area contributed by atoms with E-state index in [0.717, 1.165) is 6.20 Å². The maximum Gasteiger partial charge on any atom is 0.406 e. The average Bonchev–Trinajstić information content (AvgIpc) is 3.14. The van der Waals surface area contributed by atoms with Crippen molar-refractivity contribution in [1.29, 1.82) is 0 Å². The van der Waals surface area contributed by atoms with Crippen LogP contribution in [0.3, 0.4) is 0 Å². The molecule has 3 N–H and O–H groups in total. The maximum absolute atomic E-state index is 13.1. The van der Waals surface area contributed by atoms with Gasteiger partial charge in [-0.2, -0.15) is 18.3 Å². The summed E-state index contributed by atoms with van der Waals surface area (Å²) in [6.45, 7) is -1.48. The molecule has 0 aliphatic rings. The lowest BCUT2D eigenvalue weighted by Crippen LogP contribution is -2.28. The molecule has 0 unspecified atom stereocenters. The van der Waals surface area contributed by atoms with Crippen molar-refractivity contribution >= 4 is 27.7 Å². The number of primary amides is 1. The largest absolute Gasteiger partial charge is 0.406 e. The van der Waals surface area contributed by atoms with Crippen LogP contribution in [0.1, 0.15) is 10.4 Å². The van der Waals surface area contributed by atoms with Gasteiger partial charge in [-0.1, -0.05) is 0 Å². The van der Waals surface area contributed by atoms with Gasteiger partial charge in [-0.05, 0) is 35.4 Å². The molecule has 3 aromatic heterocycles. The lowest BCUT2D eigenvalue weighted by Gasteiger charge is -2.16. The molecule has 0 bridgehead atoms. The van der Waals surface area contributed by atoms with Crippen LogP contribution in [-0.4, -0.2) is 31.8 Å². The number of benzene rings is 1. The van der Waals surface area contributed by atoms with Crippen molar-refractivity contribution in [3.8, 4) is 11.1 Å². The van der Waals surface area contributed by atoms with Crippen molar-refractivity contribution in [3.05, 3.63) is 58.8 Å². The number of nitrogens with zero attached hydrogens (tertiary/aromatic N) is 3. The zero-order valence-corrected chi connectivity index (χ0v) is 14.1. The van der Waals surface area contributed by atoms with Gasteiger partial charge in [0.2, 0.25) is 5.91 Å². The Hall–Kier alpha value is -3.69. The molecule has 28 heavy (non-hydrogen) atoms. The quantitative estimate of drug-likeness (QED) is 0.563. The second-order valence-corrected chi connectivity index (χ2v) is 6.18. The first-order valence-electron chi connectivity index (χ1n) is 8.07. The maximum atomic E-state index is 13.1. The van der Waals surface area contributed by atoms with Crippen molar-refractivity contribution in [2.45, 2.75) is 12.7 Å². The minimum Gasteiger partial charge on any atom is -0.366 e. The second kappa shape index (κ2) is 6.19. The normalized spacial score (nSPS) is 12.0. The van der Waals surface area contributed by atoms with Gasteiger partial charge < -0.3 is 5.73 Å². The van der Waals surface area contributed by atoms with E-state index in [1.807, 2.05) is 0 Å². The highest BCUT2D eigenvalue weighted by Crippen LogP contribution is 2.31. The Kier molecular flexibility index (Phi) is 3.91. The molecule has 3 heterocycles. The first-order chi connectivity index (χ1) is 13.3. The fraction of sp³-hybridized carbons (Fsp3) is 0.111. The van der Waals surface area contributed by atoms with Gasteiger partial charge in [0.05, 0.1) is 22.6 Å². The number of carbonyl (C=O) groups is 1. The van der Waals surface area contributed by atoms with Crippen LogP contribution in [0.25, 0.3) is 32.9 Å². The summed E-state index contributed by atoms with van der Waals surface area (Å²) in [4.78, 5) is 28.6. The third-order valence-corrected chi connectivity index (χ3v) is 4.41. The molecule has 0 fully saturated rings. The number of carbonyl (C=O) groups excluding carboxylic acids is 1. The summed E-state index contributed by atoms with van der Waals surface area (Å²) in [5.74, 6) is -0.755. The minimum atomic E-state index is -4.62. The summed E-state index contributed by atoms with van der Waals surface area (Å²) in [5, 5.41) is 6.60. The van der Waals surface area contributed by atoms with E-state index in [-0.39, 0.29) is 27.4 Å². The number of aromatic nitrogens is 4. The molecule has 4 rings (SSSR count). The summed E-state index contributed by atoms with van der Waals surface area (Å²) >= 11 is 0. The third kappa shape index (κ3) is 2.88. The van der Waals surface area contributed by atoms with E-state index in [1.165, 1.54) is 24.5 Å². The number of hydrogen-bond donors (Lipinski definition) is 2. The Bertz CT molecular complexity index is 1280. The van der Waals surface area contributed by atoms with E-state index >= 15 is 0 Å². The zero-order valence-electron chi connectivity index (χ0n) is 14.1. The van der Waals surface area contributed by atoms with Crippen LogP contribution in [0.5, 0.6) is 0 Å². The topological polar surface area (TPSA) is 107 Å². The Balaban J connectivity index is 2.17. The molecule has 7 nitrogen and oxygen atoms in total. The molecule has 0 aliphatic carbocycles. The smallest absolute Gasteiger partial charge is 0.366 e. The number of rotatable bonds is 3. The number of pyridine rings is 2. The van der Waals surface area contributed by atoms with Crippen molar-refractivity contribution < 1.29 is 18.0 Å². The number of alkyl halides is 3. The predicted octanol–water partition coefficient (Wildman–Crippen LogP) is 2.60. The number of H-pyrrole nitrogens is 1. The number of amides is 1. The Morgan fingerprint density at radius 2 is 1.89 bits per heavy atom. The molecule has 0 radical (unpaired) electrons. The van der Waals surface area contributed by atoms with Crippen LogP contribution in [0.4, 0.5) is 13.2 Å². The fourth-order valence-electron chi connectivity index (χ4n) is 3.23. The highest BCUT2D eigenvalue weighted by molar-refractivity contribution is 6.10. The Labute approximate surface area is 154 Å². The van der Waals surface area contributed by atoms with Crippen LogP contribution in [0, 0.1) is 0 Å². The van der Waals surface area contributed by atoms with Crippen LogP contribution in [0.15, 0.2) is 47.7 Å². The molecule has 0 saturated heterocycles. The van der Waals surface area contributed by atoms with Gasteiger partial charge in [0.1, 0.15) is 6.54 Å². The van der Waals surface area contributed by atoms with Gasteiger partial charge in [0.25, 0.3) is 5.56 Å². The lowest BCUT2D eigenvalue weighted by atomic mass is 9.96. The van der Waals surface area contributed by atoms with Crippen molar-refractivity contribution in [1.82, 2.24) is 19.7 Å². The van der Waals surface area contributed by atoms with Gasteiger partial charge in [0, 0.05) is 23.3 Å². The van der Waals surface area contributed by atoms with Crippen molar-refractivity contribution in [2.24, 2.45) is 5.73 Å². The Morgan fingerprint density at radius 1 is 1.18 bits per heavy atom. The van der Waals surface area contributed by atoms with E-state index in [0.29, 0.717) is 15.7 Å². The molecule has 4 aromatic rings. The summed E-state index contributed by atoms with van der Waals surface area (Å²) in [7, 11) is 0. The molecule has 1 aromatic carbocycles. The second-order valence-electron chi connectivity index (χ2n) is 6.18. The lowest BCUT2D eigenvalue weighted by molar-refractivity contribution is -0.140. The molecular formula is C18H12F3N5O2. The van der Waals surface area contributed by atoms with E-state index in [2.05, 4.69) is 15.2 Å². The predicted molar refractivity (Wildman–Crippen MR) is 95.7 cm³/mol. The standard InChI is InChI=1S/C18H12F3N5O2/c19-18(20,21)8-26-14-6-10(9-1-3-23-4-2-9)11(16(22)27)5-12(14)15-13(17(26)28)7-24-25-15/h1-7H,8H2,(H2,22,27)(H,24,25). The number of halogens is 3. The molecule has 1 amide bonds. The minimum absolute atomic E-state index is 0.0101. The van der Waals surface area contributed by atoms with Crippen LogP contribution < -0.4 is 11.3 Å². The van der Waals surface area contributed by atoms with Gasteiger partial charge in [-0.15, -0.1) is 0 Å². The molecular weight excluding hydrogens is 375 g/mol. The number of hydrogen-bond acceptors (Lipinski definition) is 4. The zero-order chi connectivity index (χ0) is 20.1. The highest BCUT2D eigenvalue weighted by atomic mass is 19.4. The number of nitrogens with one attached hydrogen (secondary N) is 1. The summed E-state index contributed by atoms with van der Waals surface area (Å²) < 4.78 is 40.0. The van der Waals surface area contributed by atoms with Gasteiger partial charge in [-0.25, -0.2) is 0 Å². The van der Waals surface area contributed by atoms with Crippen molar-refractivity contribution in [2.75, 3.05) is 0 Å². The van der Waals surface area contributed by atoms with Crippen LogP contribution in [0.2, 0.25) is 0 Å². The average molecular weight is 387 g/mol. The third-order valence-electron chi connectivity index (χ3n) is 4.41. The van der Waals surface area contributed by atoms with E-state index in [1.54, 1.807) is 12.1 Å². The number of fused-ring (bicyclic) bond motifs is 3. The van der Waals surface area contributed by atoms with Crippen molar-refractivity contribution in [3.63, 3.8) is 0 Å². The van der Waals surface area contributed by atoms with Crippen LogP contribution >= 0.6 is 0 Å². The molecule has 0 saturated carbocycles. The number of aromatic amines is 1. The SMILES string of the molecule is NC(=O)c1cc2c3[nH]ncc3c(=O)n(CC(F)(F)F)c2cc1-c1ccncc1. The van der Waals surface area contributed by atoms with Gasteiger partial charge in [-0.3, -0.25) is 24.2 Å². The first kappa shape index (κ1) is 17.7. The number of nitrogens with two attached hydrogens (primary N) is 1. The highest BCUT2D eigenvalue weighted by Gasteiger charge is 2.30. The monoisotopic (exact) mass is 387 g/mol. The van der Waals surface area contributed by atoms with E-state index in [4.69, 9.17) is 5.73 Å². The van der Waals surface area contributed by atoms with E-state index in [9.17, 15) is 22.8 Å². The first-order valence-corrected chi connectivity index (χ1v) is 8.07. The molecule has 0 atom stereocenters. The van der Waals surface area contributed by atoms with E-state index < -0.39 is 24.2 Å². The summed E-state index contributed by atoms with van der Waals surface area (Å²) in [6.07, 6.45) is -0.506. The fourth-order valence-corrected chi connectivity index (χ4v) is 3.23. The Morgan fingerprint density at radius 3 is 2.54 bits per heavy atom.